The van der Waals surface area contributed by atoms with E-state index in [4.69, 9.17) is 9.47 Å². The van der Waals surface area contributed by atoms with Crippen molar-refractivity contribution in [3.8, 4) is 5.75 Å². The molecular formula is C36H45N3O3. The number of rotatable bonds is 7. The Hall–Kier alpha value is -3.19. The molecule has 0 unspecified atom stereocenters. The van der Waals surface area contributed by atoms with Gasteiger partial charge in [0.2, 0.25) is 0 Å². The molecular weight excluding hydrogens is 522 g/mol. The van der Waals surface area contributed by atoms with Crippen LogP contribution < -0.4 is 10.1 Å². The van der Waals surface area contributed by atoms with E-state index in [-0.39, 0.29) is 5.91 Å². The van der Waals surface area contributed by atoms with Crippen molar-refractivity contribution >= 4 is 5.91 Å². The second kappa shape index (κ2) is 14.3. The quantitative estimate of drug-likeness (QED) is 0.390. The van der Waals surface area contributed by atoms with E-state index in [1.807, 2.05) is 18.2 Å². The summed E-state index contributed by atoms with van der Waals surface area (Å²) in [4.78, 5) is 18.4. The second-order valence-electron chi connectivity index (χ2n) is 12.3. The van der Waals surface area contributed by atoms with Gasteiger partial charge >= 0.3 is 0 Å². The van der Waals surface area contributed by atoms with Crippen molar-refractivity contribution in [1.82, 2.24) is 15.1 Å². The van der Waals surface area contributed by atoms with E-state index < -0.39 is 0 Å². The Morgan fingerprint density at radius 1 is 0.810 bits per heavy atom. The van der Waals surface area contributed by atoms with Crippen LogP contribution in [0.15, 0.2) is 66.7 Å². The predicted molar refractivity (Wildman–Crippen MR) is 167 cm³/mol. The number of nitrogens with zero attached hydrogens (tertiary/aromatic N) is 2. The van der Waals surface area contributed by atoms with E-state index in [9.17, 15) is 4.79 Å². The third kappa shape index (κ3) is 8.43. The average molecular weight is 568 g/mol. The molecule has 0 aromatic heterocycles. The van der Waals surface area contributed by atoms with E-state index >= 15 is 0 Å². The minimum absolute atomic E-state index is 0.0553. The number of ether oxygens (including phenoxy) is 2. The van der Waals surface area contributed by atoms with Crippen molar-refractivity contribution in [1.29, 1.82) is 0 Å². The van der Waals surface area contributed by atoms with Crippen LogP contribution in [0.4, 0.5) is 0 Å². The molecule has 6 nitrogen and oxygen atoms in total. The fourth-order valence-electron chi connectivity index (χ4n) is 6.15. The lowest BCUT2D eigenvalue weighted by molar-refractivity contribution is 0.0342. The minimum atomic E-state index is -0.0553. The maximum Gasteiger partial charge on any atom is 0.251 e. The average Bonchev–Trinajstić information content (AvgIpc) is 3.83. The number of carbonyl (C=O) groups excluding carboxylic acids is 1. The van der Waals surface area contributed by atoms with E-state index in [0.29, 0.717) is 18.7 Å². The van der Waals surface area contributed by atoms with Crippen LogP contribution in [0, 0.1) is 5.92 Å². The Morgan fingerprint density at radius 2 is 1.64 bits per heavy atom. The highest BCUT2D eigenvalue weighted by Crippen LogP contribution is 2.31. The fraction of sp³-hybridized carbons (Fsp3) is 0.472. The number of carbonyl (C=O) groups is 1. The van der Waals surface area contributed by atoms with Crippen LogP contribution in [0.3, 0.4) is 0 Å². The molecule has 1 aliphatic carbocycles. The normalized spacial score (nSPS) is 18.9. The molecule has 1 amide bonds. The van der Waals surface area contributed by atoms with Crippen molar-refractivity contribution in [2.45, 2.75) is 58.2 Å². The maximum atomic E-state index is 13.3. The van der Waals surface area contributed by atoms with Gasteiger partial charge in [-0.1, -0.05) is 48.5 Å². The van der Waals surface area contributed by atoms with Crippen LogP contribution >= 0.6 is 0 Å². The summed E-state index contributed by atoms with van der Waals surface area (Å²) >= 11 is 0. The largest absolute Gasteiger partial charge is 0.493 e. The second-order valence-corrected chi connectivity index (χ2v) is 12.3. The molecule has 2 fully saturated rings. The highest BCUT2D eigenvalue weighted by Gasteiger charge is 2.24. The van der Waals surface area contributed by atoms with Crippen molar-refractivity contribution < 1.29 is 14.3 Å². The molecule has 0 radical (unpaired) electrons. The monoisotopic (exact) mass is 567 g/mol. The summed E-state index contributed by atoms with van der Waals surface area (Å²) in [5.41, 5.74) is 6.76. The van der Waals surface area contributed by atoms with Gasteiger partial charge in [-0.3, -0.25) is 14.6 Å². The number of fused-ring (bicyclic) bond motifs is 3. The van der Waals surface area contributed by atoms with Gasteiger partial charge in [0.05, 0.1) is 19.8 Å². The van der Waals surface area contributed by atoms with Gasteiger partial charge in [0.1, 0.15) is 5.75 Å². The third-order valence-corrected chi connectivity index (χ3v) is 8.66. The molecule has 2 bridgehead atoms. The lowest BCUT2D eigenvalue weighted by Gasteiger charge is -2.26. The Morgan fingerprint density at radius 3 is 2.52 bits per heavy atom. The molecule has 6 rings (SSSR count). The standard InChI is InChI=1S/C36H45N3O3/c40-36(37-24-30-7-5-9-32(21-30)26-38-15-18-41-19-16-38)33-12-13-35-34(23-33)22-29-6-4-8-31(20-29)27-39(25-28-10-11-28)14-2-1-3-17-42-35/h4-9,12-13,20-21,23,28H,1-3,10-11,14-19,22,24-27H2,(H,37,40). The van der Waals surface area contributed by atoms with Gasteiger partial charge in [0, 0.05) is 51.3 Å². The van der Waals surface area contributed by atoms with Crippen LogP contribution in [0.5, 0.6) is 5.75 Å². The molecule has 1 saturated carbocycles. The zero-order valence-electron chi connectivity index (χ0n) is 24.9. The molecule has 1 N–H and O–H groups in total. The Kier molecular flexibility index (Phi) is 9.86. The summed E-state index contributed by atoms with van der Waals surface area (Å²) in [6.07, 6.45) is 6.95. The Bertz CT molecular complexity index is 1330. The number of nitrogens with one attached hydrogen (secondary N) is 1. The molecule has 6 heteroatoms. The minimum Gasteiger partial charge on any atom is -0.493 e. The van der Waals surface area contributed by atoms with E-state index in [2.05, 4.69) is 63.6 Å². The maximum absolute atomic E-state index is 13.3. The highest BCUT2D eigenvalue weighted by molar-refractivity contribution is 5.94. The first-order chi connectivity index (χ1) is 20.7. The predicted octanol–water partition coefficient (Wildman–Crippen LogP) is 5.81. The molecule has 222 valence electrons. The zero-order chi connectivity index (χ0) is 28.6. The first-order valence-electron chi connectivity index (χ1n) is 15.9. The molecule has 1 saturated heterocycles. The SMILES string of the molecule is O=C(NCc1cccc(CN2CCOCC2)c1)c1ccc2c(c1)Cc1cccc(c1)CN(CC1CC1)CCCCCO2. The van der Waals surface area contributed by atoms with Gasteiger partial charge in [-0.2, -0.15) is 0 Å². The summed E-state index contributed by atoms with van der Waals surface area (Å²) in [6, 6.07) is 23.4. The fourth-order valence-corrected chi connectivity index (χ4v) is 6.15. The summed E-state index contributed by atoms with van der Waals surface area (Å²) in [7, 11) is 0. The van der Waals surface area contributed by atoms with Gasteiger partial charge in [-0.15, -0.1) is 0 Å². The van der Waals surface area contributed by atoms with Crippen LogP contribution in [-0.2, 0) is 30.8 Å². The molecule has 2 aliphatic heterocycles. The number of amides is 1. The summed E-state index contributed by atoms with van der Waals surface area (Å²) in [5, 5.41) is 3.15. The molecule has 3 aromatic carbocycles. The van der Waals surface area contributed by atoms with Crippen LogP contribution in [0.1, 0.15) is 70.3 Å². The molecule has 2 heterocycles. The van der Waals surface area contributed by atoms with Gasteiger partial charge in [0.25, 0.3) is 5.91 Å². The lowest BCUT2D eigenvalue weighted by atomic mass is 9.99. The van der Waals surface area contributed by atoms with Gasteiger partial charge in [0.15, 0.2) is 0 Å². The summed E-state index contributed by atoms with van der Waals surface area (Å²) in [6.45, 7) is 9.05. The van der Waals surface area contributed by atoms with E-state index in [1.54, 1.807) is 0 Å². The Labute approximate surface area is 251 Å². The van der Waals surface area contributed by atoms with E-state index in [0.717, 1.165) is 81.6 Å². The van der Waals surface area contributed by atoms with Crippen molar-refractivity contribution in [3.63, 3.8) is 0 Å². The molecule has 0 spiro atoms. The van der Waals surface area contributed by atoms with E-state index in [1.165, 1.54) is 48.9 Å². The van der Waals surface area contributed by atoms with Crippen molar-refractivity contribution in [2.24, 2.45) is 5.92 Å². The van der Waals surface area contributed by atoms with Gasteiger partial charge < -0.3 is 14.8 Å². The first-order valence-corrected chi connectivity index (χ1v) is 15.9. The third-order valence-electron chi connectivity index (χ3n) is 8.66. The van der Waals surface area contributed by atoms with Crippen LogP contribution in [-0.4, -0.2) is 61.7 Å². The van der Waals surface area contributed by atoms with Crippen molar-refractivity contribution in [2.75, 3.05) is 46.0 Å². The topological polar surface area (TPSA) is 54.0 Å². The number of morpholine rings is 1. The van der Waals surface area contributed by atoms with Crippen LogP contribution in [0.2, 0.25) is 0 Å². The van der Waals surface area contributed by atoms with Gasteiger partial charge in [-0.25, -0.2) is 0 Å². The first kappa shape index (κ1) is 28.9. The number of benzene rings is 3. The molecule has 0 atom stereocenters. The van der Waals surface area contributed by atoms with Crippen molar-refractivity contribution in [3.05, 3.63) is 100 Å². The number of hydrogen-bond acceptors (Lipinski definition) is 5. The smallest absolute Gasteiger partial charge is 0.251 e. The molecule has 42 heavy (non-hydrogen) atoms. The zero-order valence-corrected chi connectivity index (χ0v) is 24.9. The van der Waals surface area contributed by atoms with Gasteiger partial charge in [-0.05, 0) is 90.6 Å². The summed E-state index contributed by atoms with van der Waals surface area (Å²) < 4.78 is 11.8. The highest BCUT2D eigenvalue weighted by atomic mass is 16.5. The number of hydrogen-bond donors (Lipinski definition) is 1. The summed E-state index contributed by atoms with van der Waals surface area (Å²) in [5.74, 6) is 1.73. The molecule has 3 aromatic rings. The lowest BCUT2D eigenvalue weighted by Crippen LogP contribution is -2.35. The van der Waals surface area contributed by atoms with Crippen LogP contribution in [0.25, 0.3) is 0 Å². The Balaban J connectivity index is 1.13. The molecule has 3 aliphatic rings.